The van der Waals surface area contributed by atoms with Crippen LogP contribution in [-0.2, 0) is 9.53 Å². The number of hydrogen-bond acceptors (Lipinski definition) is 2. The van der Waals surface area contributed by atoms with Gasteiger partial charge >= 0.3 is 5.97 Å². The molecule has 3 heteroatoms. The third-order valence-corrected chi connectivity index (χ3v) is 1.16. The average molecular weight is 175 g/mol. The summed E-state index contributed by atoms with van der Waals surface area (Å²) in [6.07, 6.45) is 2.96. The number of carbonyl (C=O) groups excluding carboxylic acids is 1. The van der Waals surface area contributed by atoms with Crippen molar-refractivity contribution >= 4 is 21.9 Å². The number of esters is 1. The van der Waals surface area contributed by atoms with Gasteiger partial charge < -0.3 is 4.74 Å². The minimum absolute atomic E-state index is 0.310. The number of cyclic esters (lactones) is 1. The standard InChI is InChI=1S/C5H3BrO2/c6-3-4-1-2-5(7)8-4/h1-3H/b4-3+. The second kappa shape index (κ2) is 2.13. The molecule has 8 heavy (non-hydrogen) atoms. The third kappa shape index (κ3) is 0.980. The molecule has 0 radical (unpaired) electrons. The van der Waals surface area contributed by atoms with E-state index < -0.39 is 0 Å². The van der Waals surface area contributed by atoms with Crippen molar-refractivity contribution in [1.82, 2.24) is 0 Å². The maximum absolute atomic E-state index is 10.2. The summed E-state index contributed by atoms with van der Waals surface area (Å²) in [6, 6.07) is 0. The van der Waals surface area contributed by atoms with E-state index in [2.05, 4.69) is 20.7 Å². The van der Waals surface area contributed by atoms with E-state index in [9.17, 15) is 4.79 Å². The van der Waals surface area contributed by atoms with Crippen LogP contribution in [0, 0.1) is 0 Å². The molecule has 0 aliphatic carbocycles. The highest BCUT2D eigenvalue weighted by atomic mass is 79.9. The molecule has 0 atom stereocenters. The molecule has 1 aliphatic rings. The topological polar surface area (TPSA) is 26.3 Å². The SMILES string of the molecule is O=C1C=C/C(=C\Br)O1. The number of rotatable bonds is 0. The van der Waals surface area contributed by atoms with Gasteiger partial charge in [-0.3, -0.25) is 0 Å². The molecule has 0 N–H and O–H groups in total. The molecule has 0 saturated heterocycles. The Morgan fingerprint density at radius 1 is 1.62 bits per heavy atom. The largest absolute Gasteiger partial charge is 0.423 e. The Bertz CT molecular complexity index is 169. The van der Waals surface area contributed by atoms with Gasteiger partial charge in [0.1, 0.15) is 5.76 Å². The van der Waals surface area contributed by atoms with Crippen LogP contribution in [0.15, 0.2) is 22.9 Å². The van der Waals surface area contributed by atoms with Crippen molar-refractivity contribution in [2.75, 3.05) is 0 Å². The Balaban J connectivity index is 2.73. The molecule has 1 rings (SSSR count). The molecule has 0 unspecified atom stereocenters. The molecule has 0 saturated carbocycles. The fraction of sp³-hybridized carbons (Fsp3) is 0. The van der Waals surface area contributed by atoms with Crippen LogP contribution in [0.3, 0.4) is 0 Å². The fourth-order valence-electron chi connectivity index (χ4n) is 0.393. The average Bonchev–Trinajstić information content (AvgIpc) is 2.14. The molecule has 1 heterocycles. The molecule has 0 aromatic carbocycles. The molecule has 0 aromatic rings. The van der Waals surface area contributed by atoms with E-state index in [4.69, 9.17) is 0 Å². The van der Waals surface area contributed by atoms with Gasteiger partial charge in [0, 0.05) is 11.1 Å². The summed E-state index contributed by atoms with van der Waals surface area (Å²) >= 11 is 3.01. The van der Waals surface area contributed by atoms with Crippen LogP contribution in [0.1, 0.15) is 0 Å². The lowest BCUT2D eigenvalue weighted by molar-refractivity contribution is -0.132. The van der Waals surface area contributed by atoms with Crippen molar-refractivity contribution in [2.24, 2.45) is 0 Å². The van der Waals surface area contributed by atoms with Gasteiger partial charge in [0.15, 0.2) is 0 Å². The van der Waals surface area contributed by atoms with Gasteiger partial charge in [-0.1, -0.05) is 15.9 Å². The zero-order chi connectivity index (χ0) is 5.98. The maximum atomic E-state index is 10.2. The second-order valence-corrected chi connectivity index (χ2v) is 1.72. The van der Waals surface area contributed by atoms with E-state index in [0.29, 0.717) is 5.76 Å². The summed E-state index contributed by atoms with van der Waals surface area (Å²) in [4.78, 5) is 11.8. The summed E-state index contributed by atoms with van der Waals surface area (Å²) in [5.74, 6) is 0.241. The van der Waals surface area contributed by atoms with E-state index in [0.717, 1.165) is 0 Å². The molecule has 1 aliphatic heterocycles. The molecule has 2 nitrogen and oxygen atoms in total. The first-order valence-corrected chi connectivity index (χ1v) is 2.95. The minimum atomic E-state index is -0.310. The molecule has 0 bridgehead atoms. The first-order valence-electron chi connectivity index (χ1n) is 2.03. The first kappa shape index (κ1) is 5.56. The number of hydrogen-bond donors (Lipinski definition) is 0. The number of halogens is 1. The van der Waals surface area contributed by atoms with Gasteiger partial charge in [-0.25, -0.2) is 4.79 Å². The highest BCUT2D eigenvalue weighted by Gasteiger charge is 2.06. The van der Waals surface area contributed by atoms with Crippen LogP contribution in [0.25, 0.3) is 0 Å². The smallest absolute Gasteiger partial charge is 0.336 e. The summed E-state index contributed by atoms with van der Waals surface area (Å²) in [5, 5.41) is 0. The second-order valence-electron chi connectivity index (χ2n) is 1.27. The van der Waals surface area contributed by atoms with Crippen molar-refractivity contribution < 1.29 is 9.53 Å². The monoisotopic (exact) mass is 174 g/mol. The van der Waals surface area contributed by atoms with E-state index in [1.165, 1.54) is 6.08 Å². The van der Waals surface area contributed by atoms with Crippen LogP contribution in [0.5, 0.6) is 0 Å². The van der Waals surface area contributed by atoms with Crippen LogP contribution in [0.2, 0.25) is 0 Å². The summed E-state index contributed by atoms with van der Waals surface area (Å²) in [7, 11) is 0. The van der Waals surface area contributed by atoms with Gasteiger partial charge in [-0.05, 0) is 6.08 Å². The number of allylic oxidation sites excluding steroid dienone is 1. The van der Waals surface area contributed by atoms with Crippen LogP contribution in [-0.4, -0.2) is 5.97 Å². The predicted molar refractivity (Wildman–Crippen MR) is 32.2 cm³/mol. The molecular formula is C5H3BrO2. The van der Waals surface area contributed by atoms with Crippen LogP contribution in [0.4, 0.5) is 0 Å². The molecular weight excluding hydrogens is 172 g/mol. The third-order valence-electron chi connectivity index (χ3n) is 0.710. The van der Waals surface area contributed by atoms with Crippen LogP contribution < -0.4 is 0 Å². The normalized spacial score (nSPS) is 22.1. The lowest BCUT2D eigenvalue weighted by atomic mass is 10.5. The highest BCUT2D eigenvalue weighted by molar-refractivity contribution is 9.11. The van der Waals surface area contributed by atoms with Gasteiger partial charge in [0.05, 0.1) is 0 Å². The lowest BCUT2D eigenvalue weighted by Crippen LogP contribution is -1.88. The van der Waals surface area contributed by atoms with E-state index in [1.807, 2.05) is 0 Å². The Hall–Kier alpha value is -0.570. The Kier molecular flexibility index (Phi) is 1.48. The predicted octanol–water partition coefficient (Wildman–Crippen LogP) is 1.34. The Labute approximate surface area is 55.0 Å². The van der Waals surface area contributed by atoms with Gasteiger partial charge in [0.25, 0.3) is 0 Å². The van der Waals surface area contributed by atoms with Crippen molar-refractivity contribution in [3.8, 4) is 0 Å². The Morgan fingerprint density at radius 2 is 2.38 bits per heavy atom. The summed E-state index contributed by atoms with van der Waals surface area (Å²) in [5.41, 5.74) is 0. The number of ether oxygens (including phenoxy) is 1. The van der Waals surface area contributed by atoms with Gasteiger partial charge in [0.2, 0.25) is 0 Å². The first-order chi connectivity index (χ1) is 3.83. The highest BCUT2D eigenvalue weighted by Crippen LogP contribution is 2.09. The van der Waals surface area contributed by atoms with Crippen molar-refractivity contribution in [3.05, 3.63) is 22.9 Å². The lowest BCUT2D eigenvalue weighted by Gasteiger charge is -1.88. The number of carbonyl (C=O) groups is 1. The summed E-state index contributed by atoms with van der Waals surface area (Å²) in [6.45, 7) is 0. The molecule has 0 fully saturated rings. The van der Waals surface area contributed by atoms with Crippen molar-refractivity contribution in [1.29, 1.82) is 0 Å². The minimum Gasteiger partial charge on any atom is -0.423 e. The fourth-order valence-corrected chi connectivity index (χ4v) is 0.639. The molecule has 0 aromatic heterocycles. The molecule has 0 spiro atoms. The Morgan fingerprint density at radius 3 is 2.62 bits per heavy atom. The van der Waals surface area contributed by atoms with Gasteiger partial charge in [-0.15, -0.1) is 0 Å². The van der Waals surface area contributed by atoms with Crippen molar-refractivity contribution in [2.45, 2.75) is 0 Å². The maximum Gasteiger partial charge on any atom is 0.336 e. The quantitative estimate of drug-likeness (QED) is 0.519. The van der Waals surface area contributed by atoms with E-state index >= 15 is 0 Å². The molecule has 42 valence electrons. The zero-order valence-electron chi connectivity index (χ0n) is 3.93. The van der Waals surface area contributed by atoms with Crippen molar-refractivity contribution in [3.63, 3.8) is 0 Å². The molecule has 0 amide bonds. The van der Waals surface area contributed by atoms with E-state index in [-0.39, 0.29) is 5.97 Å². The zero-order valence-corrected chi connectivity index (χ0v) is 5.51. The van der Waals surface area contributed by atoms with E-state index in [1.54, 1.807) is 11.1 Å². The van der Waals surface area contributed by atoms with Crippen LogP contribution >= 0.6 is 15.9 Å². The summed E-state index contributed by atoms with van der Waals surface area (Å²) < 4.78 is 4.57. The van der Waals surface area contributed by atoms with Gasteiger partial charge in [-0.2, -0.15) is 0 Å².